The van der Waals surface area contributed by atoms with Crippen molar-refractivity contribution < 1.29 is 23.2 Å². The number of phenolic OH excluding ortho intramolecular Hbond substituents is 1. The maximum Gasteiger partial charge on any atom is 0.294 e. The van der Waals surface area contributed by atoms with Gasteiger partial charge in [0.1, 0.15) is 5.75 Å². The molecule has 0 amide bonds. The fourth-order valence-corrected chi connectivity index (χ4v) is 1.72. The molecule has 1 aromatic carbocycles. The molecule has 0 bridgehead atoms. The lowest BCUT2D eigenvalue weighted by atomic mass is 10.3. The molecule has 8 heteroatoms. The molecule has 0 aliphatic rings. The Labute approximate surface area is 104 Å². The summed E-state index contributed by atoms with van der Waals surface area (Å²) in [4.78, 5) is -0.349. The summed E-state index contributed by atoms with van der Waals surface area (Å²) in [6.45, 7) is 0.0476. The number of hydrogen-bond donors (Lipinski definition) is 4. The molecule has 0 fully saturated rings. The third-order valence-electron chi connectivity index (χ3n) is 1.97. The van der Waals surface area contributed by atoms with Crippen molar-refractivity contribution in [3.63, 3.8) is 0 Å². The Morgan fingerprint density at radius 3 is 2.59 bits per heavy atom. The molecule has 0 radical (unpaired) electrons. The van der Waals surface area contributed by atoms with E-state index in [4.69, 9.17) is 16.2 Å². The van der Waals surface area contributed by atoms with Crippen LogP contribution in [0.15, 0.2) is 23.1 Å². The normalized spacial score (nSPS) is 13.4. The van der Waals surface area contributed by atoms with Crippen LogP contribution in [0.3, 0.4) is 0 Å². The molecule has 4 N–H and O–H groups in total. The minimum absolute atomic E-state index is 0.00571. The number of benzene rings is 1. The van der Waals surface area contributed by atoms with Crippen molar-refractivity contribution in [1.29, 1.82) is 0 Å². The number of aliphatic hydroxyl groups is 1. The number of hydrogen-bond acceptors (Lipinski definition) is 5. The van der Waals surface area contributed by atoms with Gasteiger partial charge in [-0.2, -0.15) is 8.42 Å². The summed E-state index contributed by atoms with van der Waals surface area (Å²) in [5.74, 6) is -0.190. The second-order valence-electron chi connectivity index (χ2n) is 3.34. The van der Waals surface area contributed by atoms with Crippen LogP contribution in [0.4, 0.5) is 5.69 Å². The van der Waals surface area contributed by atoms with Gasteiger partial charge in [-0.3, -0.25) is 4.55 Å². The monoisotopic (exact) mass is 281 g/mol. The molecule has 0 heterocycles. The summed E-state index contributed by atoms with van der Waals surface area (Å²) in [7, 11) is -4.33. The number of phenols is 1. The maximum absolute atomic E-state index is 10.9. The van der Waals surface area contributed by atoms with E-state index in [0.29, 0.717) is 0 Å². The second kappa shape index (κ2) is 5.54. The van der Waals surface area contributed by atoms with Crippen LogP contribution in [0.2, 0.25) is 0 Å². The number of alkyl halides is 1. The van der Waals surface area contributed by atoms with Gasteiger partial charge in [-0.15, -0.1) is 11.6 Å². The summed E-state index contributed by atoms with van der Waals surface area (Å²) < 4.78 is 30.6. The average molecular weight is 282 g/mol. The molecule has 1 unspecified atom stereocenters. The molecule has 0 aromatic heterocycles. The lowest BCUT2D eigenvalue weighted by Gasteiger charge is -2.12. The minimum atomic E-state index is -4.33. The van der Waals surface area contributed by atoms with E-state index in [1.54, 1.807) is 0 Å². The van der Waals surface area contributed by atoms with E-state index < -0.39 is 16.2 Å². The summed E-state index contributed by atoms with van der Waals surface area (Å²) in [6, 6.07) is 3.25. The van der Waals surface area contributed by atoms with E-state index >= 15 is 0 Å². The zero-order valence-electron chi connectivity index (χ0n) is 8.67. The second-order valence-corrected chi connectivity index (χ2v) is 5.07. The van der Waals surface area contributed by atoms with Crippen molar-refractivity contribution >= 4 is 27.4 Å². The molecule has 17 heavy (non-hydrogen) atoms. The summed E-state index contributed by atoms with van der Waals surface area (Å²) in [5.41, 5.74) is 0.0873. The van der Waals surface area contributed by atoms with Crippen LogP contribution in [-0.2, 0) is 10.1 Å². The predicted molar refractivity (Wildman–Crippen MR) is 63.1 cm³/mol. The van der Waals surface area contributed by atoms with Crippen LogP contribution in [0.1, 0.15) is 0 Å². The molecule has 0 saturated carbocycles. The van der Waals surface area contributed by atoms with E-state index in [0.717, 1.165) is 18.2 Å². The first-order valence-corrected chi connectivity index (χ1v) is 6.60. The van der Waals surface area contributed by atoms with Crippen LogP contribution in [0.5, 0.6) is 5.75 Å². The Hall–Kier alpha value is -1.02. The zero-order chi connectivity index (χ0) is 13.1. The highest BCUT2D eigenvalue weighted by atomic mass is 35.5. The quantitative estimate of drug-likeness (QED) is 0.359. The Morgan fingerprint density at radius 2 is 2.06 bits per heavy atom. The first kappa shape index (κ1) is 14.0. The molecular weight excluding hydrogens is 270 g/mol. The molecule has 96 valence electrons. The first-order chi connectivity index (χ1) is 7.84. The van der Waals surface area contributed by atoms with Crippen LogP contribution in [0.25, 0.3) is 0 Å². The van der Waals surface area contributed by atoms with Crippen molar-refractivity contribution in [2.45, 2.75) is 11.0 Å². The molecule has 0 aliphatic carbocycles. The van der Waals surface area contributed by atoms with Crippen LogP contribution in [-0.4, -0.2) is 41.7 Å². The highest BCUT2D eigenvalue weighted by Gasteiger charge is 2.13. The number of anilines is 1. The van der Waals surface area contributed by atoms with Crippen molar-refractivity contribution in [3.8, 4) is 5.75 Å². The molecule has 0 saturated heterocycles. The van der Waals surface area contributed by atoms with Crippen molar-refractivity contribution in [3.05, 3.63) is 18.2 Å². The van der Waals surface area contributed by atoms with Crippen LogP contribution >= 0.6 is 11.6 Å². The largest absolute Gasteiger partial charge is 0.506 e. The molecule has 6 nitrogen and oxygen atoms in total. The summed E-state index contributed by atoms with van der Waals surface area (Å²) in [6.07, 6.45) is -0.828. The lowest BCUT2D eigenvalue weighted by molar-refractivity contribution is 0.211. The van der Waals surface area contributed by atoms with Gasteiger partial charge in [0.2, 0.25) is 0 Å². The van der Waals surface area contributed by atoms with Gasteiger partial charge in [-0.25, -0.2) is 0 Å². The van der Waals surface area contributed by atoms with E-state index in [1.165, 1.54) is 0 Å². The zero-order valence-corrected chi connectivity index (χ0v) is 10.2. The Balaban J connectivity index is 2.92. The van der Waals surface area contributed by atoms with E-state index in [-0.39, 0.29) is 28.8 Å². The van der Waals surface area contributed by atoms with Gasteiger partial charge in [0.05, 0.1) is 22.6 Å². The lowest BCUT2D eigenvalue weighted by Crippen LogP contribution is -2.20. The van der Waals surface area contributed by atoms with Gasteiger partial charge in [-0.05, 0) is 18.2 Å². The van der Waals surface area contributed by atoms with Gasteiger partial charge in [0, 0.05) is 6.54 Å². The summed E-state index contributed by atoms with van der Waals surface area (Å²) >= 11 is 5.37. The van der Waals surface area contributed by atoms with Gasteiger partial charge in [-0.1, -0.05) is 0 Å². The predicted octanol–water partition coefficient (Wildman–Crippen LogP) is 0.651. The standard InChI is InChI=1S/C9H12ClNO5S/c10-4-6(12)5-11-8-3-7(17(14,15)16)1-2-9(8)13/h1-3,6,11-13H,4-5H2,(H,14,15,16). The van der Waals surface area contributed by atoms with E-state index in [2.05, 4.69) is 5.32 Å². The third kappa shape index (κ3) is 4.04. The fraction of sp³-hybridized carbons (Fsp3) is 0.333. The Morgan fingerprint density at radius 1 is 1.41 bits per heavy atom. The van der Waals surface area contributed by atoms with Crippen LogP contribution in [0, 0.1) is 0 Å². The van der Waals surface area contributed by atoms with Gasteiger partial charge < -0.3 is 15.5 Å². The number of nitrogens with one attached hydrogen (secondary N) is 1. The Kier molecular flexibility index (Phi) is 4.58. The molecular formula is C9H12ClNO5S. The first-order valence-electron chi connectivity index (χ1n) is 4.63. The summed E-state index contributed by atoms with van der Waals surface area (Å²) in [5, 5.41) is 21.2. The molecule has 0 spiro atoms. The number of halogens is 1. The molecule has 1 rings (SSSR count). The van der Waals surface area contributed by atoms with Gasteiger partial charge in [0.25, 0.3) is 10.1 Å². The molecule has 0 aliphatic heterocycles. The smallest absolute Gasteiger partial charge is 0.294 e. The van der Waals surface area contributed by atoms with Crippen molar-refractivity contribution in [2.75, 3.05) is 17.7 Å². The van der Waals surface area contributed by atoms with E-state index in [1.807, 2.05) is 0 Å². The molecule has 1 atom stereocenters. The van der Waals surface area contributed by atoms with Gasteiger partial charge in [0.15, 0.2) is 0 Å². The molecule has 1 aromatic rings. The third-order valence-corrected chi connectivity index (χ3v) is 3.18. The van der Waals surface area contributed by atoms with E-state index in [9.17, 15) is 18.6 Å². The minimum Gasteiger partial charge on any atom is -0.506 e. The Bertz CT molecular complexity index is 490. The van der Waals surface area contributed by atoms with Gasteiger partial charge >= 0.3 is 0 Å². The number of aliphatic hydroxyl groups excluding tert-OH is 1. The fourth-order valence-electron chi connectivity index (χ4n) is 1.10. The highest BCUT2D eigenvalue weighted by molar-refractivity contribution is 7.85. The topological polar surface area (TPSA) is 107 Å². The maximum atomic E-state index is 10.9. The average Bonchev–Trinajstić information content (AvgIpc) is 2.26. The number of aromatic hydroxyl groups is 1. The number of rotatable bonds is 5. The van der Waals surface area contributed by atoms with Crippen molar-refractivity contribution in [2.24, 2.45) is 0 Å². The van der Waals surface area contributed by atoms with Crippen molar-refractivity contribution in [1.82, 2.24) is 0 Å². The van der Waals surface area contributed by atoms with Crippen LogP contribution < -0.4 is 5.32 Å². The highest BCUT2D eigenvalue weighted by Crippen LogP contribution is 2.26. The SMILES string of the molecule is O=S(=O)(O)c1ccc(O)c(NCC(O)CCl)c1.